The van der Waals surface area contributed by atoms with Crippen LogP contribution in [0.2, 0.25) is 0 Å². The molecule has 3 rings (SSSR count). The molecule has 0 amide bonds. The van der Waals surface area contributed by atoms with Gasteiger partial charge in [0.15, 0.2) is 0 Å². The maximum Gasteiger partial charge on any atom is 0.0415 e. The maximum absolute atomic E-state index is 3.63. The van der Waals surface area contributed by atoms with Crippen molar-refractivity contribution in [2.45, 2.75) is 44.1 Å². The molecule has 1 aliphatic rings. The van der Waals surface area contributed by atoms with Crippen LogP contribution in [-0.2, 0) is 5.41 Å². The van der Waals surface area contributed by atoms with Gasteiger partial charge in [-0.2, -0.15) is 0 Å². The number of likely N-dealkylation sites (N-methyl/N-ethyl adjacent to an activating group) is 1. The van der Waals surface area contributed by atoms with E-state index in [2.05, 4.69) is 73.9 Å². The van der Waals surface area contributed by atoms with Crippen LogP contribution in [0.5, 0.6) is 0 Å². The summed E-state index contributed by atoms with van der Waals surface area (Å²) in [5.74, 6) is 0. The van der Waals surface area contributed by atoms with Gasteiger partial charge >= 0.3 is 0 Å². The summed E-state index contributed by atoms with van der Waals surface area (Å²) >= 11 is 0. The van der Waals surface area contributed by atoms with Crippen molar-refractivity contribution in [1.82, 2.24) is 5.32 Å². The van der Waals surface area contributed by atoms with E-state index in [1.54, 1.807) is 0 Å². The van der Waals surface area contributed by atoms with E-state index < -0.39 is 0 Å². The Morgan fingerprint density at radius 3 is 2.29 bits per heavy atom. The number of aryl methyl sites for hydroxylation is 1. The van der Waals surface area contributed by atoms with Crippen molar-refractivity contribution in [2.75, 3.05) is 7.05 Å². The highest BCUT2D eigenvalue weighted by Crippen LogP contribution is 2.49. The summed E-state index contributed by atoms with van der Waals surface area (Å²) in [5.41, 5.74) is 4.49. The quantitative estimate of drug-likeness (QED) is 0.850. The standard InChI is InChI=1S/C20H25N/c1-16-9-8-10-17(15-16)19(21-2)20(13-6-7-14-20)18-11-4-3-5-12-18/h3-5,8-12,15,19,21H,6-7,13-14H2,1-2H3. The third-order valence-electron chi connectivity index (χ3n) is 5.06. The lowest BCUT2D eigenvalue weighted by Crippen LogP contribution is -2.38. The third kappa shape index (κ3) is 2.63. The lowest BCUT2D eigenvalue weighted by Gasteiger charge is -2.38. The number of hydrogen-bond acceptors (Lipinski definition) is 1. The van der Waals surface area contributed by atoms with Crippen LogP contribution in [0, 0.1) is 6.92 Å². The molecule has 1 atom stereocenters. The van der Waals surface area contributed by atoms with E-state index in [1.165, 1.54) is 42.4 Å². The van der Waals surface area contributed by atoms with Crippen molar-refractivity contribution < 1.29 is 0 Å². The Balaban J connectivity index is 2.07. The molecule has 0 aromatic heterocycles. The molecule has 0 bridgehead atoms. The highest BCUT2D eigenvalue weighted by Gasteiger charge is 2.42. The molecule has 1 N–H and O–H groups in total. The van der Waals surface area contributed by atoms with Gasteiger partial charge in [0.05, 0.1) is 0 Å². The summed E-state index contributed by atoms with van der Waals surface area (Å²) in [4.78, 5) is 0. The van der Waals surface area contributed by atoms with Crippen LogP contribution < -0.4 is 5.32 Å². The van der Waals surface area contributed by atoms with Crippen LogP contribution in [0.4, 0.5) is 0 Å². The van der Waals surface area contributed by atoms with Crippen LogP contribution >= 0.6 is 0 Å². The summed E-state index contributed by atoms with van der Waals surface area (Å²) in [6.07, 6.45) is 5.21. The minimum Gasteiger partial charge on any atom is -0.312 e. The second kappa shape index (κ2) is 6.03. The number of nitrogens with one attached hydrogen (secondary N) is 1. The van der Waals surface area contributed by atoms with E-state index >= 15 is 0 Å². The van der Waals surface area contributed by atoms with Crippen molar-refractivity contribution in [3.05, 3.63) is 71.3 Å². The van der Waals surface area contributed by atoms with Gasteiger partial charge in [-0.1, -0.05) is 73.0 Å². The van der Waals surface area contributed by atoms with Crippen molar-refractivity contribution >= 4 is 0 Å². The fourth-order valence-electron chi connectivity index (χ4n) is 4.13. The molecule has 0 aliphatic heterocycles. The van der Waals surface area contributed by atoms with Crippen LogP contribution in [-0.4, -0.2) is 7.05 Å². The van der Waals surface area contributed by atoms with E-state index in [9.17, 15) is 0 Å². The Morgan fingerprint density at radius 2 is 1.67 bits per heavy atom. The molecule has 1 aliphatic carbocycles. The van der Waals surface area contributed by atoms with E-state index in [1.807, 2.05) is 0 Å². The summed E-state index contributed by atoms with van der Waals surface area (Å²) in [7, 11) is 2.11. The average molecular weight is 279 g/mol. The van der Waals surface area contributed by atoms with E-state index in [0.29, 0.717) is 6.04 Å². The van der Waals surface area contributed by atoms with Gasteiger partial charge < -0.3 is 5.32 Å². The maximum atomic E-state index is 3.63. The summed E-state index contributed by atoms with van der Waals surface area (Å²) in [6, 6.07) is 20.5. The summed E-state index contributed by atoms with van der Waals surface area (Å²) < 4.78 is 0. The normalized spacial score (nSPS) is 18.6. The molecule has 110 valence electrons. The Kier molecular flexibility index (Phi) is 4.12. The van der Waals surface area contributed by atoms with Gasteiger partial charge in [0.25, 0.3) is 0 Å². The molecule has 0 radical (unpaired) electrons. The highest BCUT2D eigenvalue weighted by atomic mass is 14.9. The molecule has 1 heteroatoms. The van der Waals surface area contributed by atoms with Crippen molar-refractivity contribution in [3.8, 4) is 0 Å². The van der Waals surface area contributed by atoms with Gasteiger partial charge in [0.1, 0.15) is 0 Å². The second-order valence-corrected chi connectivity index (χ2v) is 6.37. The van der Waals surface area contributed by atoms with E-state index in [-0.39, 0.29) is 5.41 Å². The molecule has 0 saturated heterocycles. The second-order valence-electron chi connectivity index (χ2n) is 6.37. The highest BCUT2D eigenvalue weighted by molar-refractivity contribution is 5.36. The smallest absolute Gasteiger partial charge is 0.0415 e. The predicted molar refractivity (Wildman–Crippen MR) is 89.6 cm³/mol. The van der Waals surface area contributed by atoms with Gasteiger partial charge in [0, 0.05) is 11.5 Å². The minimum atomic E-state index is 0.240. The van der Waals surface area contributed by atoms with Gasteiger partial charge in [-0.15, -0.1) is 0 Å². The number of benzene rings is 2. The van der Waals surface area contributed by atoms with Crippen LogP contribution in [0.1, 0.15) is 48.4 Å². The number of rotatable bonds is 4. The zero-order chi connectivity index (χ0) is 14.7. The zero-order valence-electron chi connectivity index (χ0n) is 13.1. The lowest BCUT2D eigenvalue weighted by atomic mass is 9.70. The molecule has 1 fully saturated rings. The molecule has 1 saturated carbocycles. The van der Waals surface area contributed by atoms with E-state index in [4.69, 9.17) is 0 Å². The molecular weight excluding hydrogens is 254 g/mol. The SMILES string of the molecule is CNC(c1cccc(C)c1)C1(c2ccccc2)CCCC1. The van der Waals surface area contributed by atoms with Crippen LogP contribution in [0.25, 0.3) is 0 Å². The Morgan fingerprint density at radius 1 is 0.952 bits per heavy atom. The Labute approximate surface area is 128 Å². The first-order valence-electron chi connectivity index (χ1n) is 8.06. The topological polar surface area (TPSA) is 12.0 Å². The van der Waals surface area contributed by atoms with Crippen molar-refractivity contribution in [1.29, 1.82) is 0 Å². The molecule has 1 unspecified atom stereocenters. The molecule has 0 spiro atoms. The van der Waals surface area contributed by atoms with Gasteiger partial charge in [-0.25, -0.2) is 0 Å². The Bertz CT molecular complexity index is 582. The monoisotopic (exact) mass is 279 g/mol. The fourth-order valence-corrected chi connectivity index (χ4v) is 4.13. The molecule has 2 aromatic carbocycles. The zero-order valence-corrected chi connectivity index (χ0v) is 13.1. The van der Waals surface area contributed by atoms with E-state index in [0.717, 1.165) is 0 Å². The predicted octanol–water partition coefficient (Wildman–Crippen LogP) is 4.77. The van der Waals surface area contributed by atoms with Crippen molar-refractivity contribution in [2.24, 2.45) is 0 Å². The molecule has 0 heterocycles. The lowest BCUT2D eigenvalue weighted by molar-refractivity contribution is 0.315. The van der Waals surface area contributed by atoms with Crippen LogP contribution in [0.3, 0.4) is 0 Å². The van der Waals surface area contributed by atoms with Gasteiger partial charge in [-0.3, -0.25) is 0 Å². The molecule has 21 heavy (non-hydrogen) atoms. The average Bonchev–Trinajstić information content (AvgIpc) is 3.00. The van der Waals surface area contributed by atoms with Gasteiger partial charge in [0.2, 0.25) is 0 Å². The first-order valence-corrected chi connectivity index (χ1v) is 8.06. The van der Waals surface area contributed by atoms with Crippen LogP contribution in [0.15, 0.2) is 54.6 Å². The fraction of sp³-hybridized carbons (Fsp3) is 0.400. The molecular formula is C20H25N. The minimum absolute atomic E-state index is 0.240. The molecule has 2 aromatic rings. The third-order valence-corrected chi connectivity index (χ3v) is 5.06. The Hall–Kier alpha value is -1.60. The number of hydrogen-bond donors (Lipinski definition) is 1. The summed E-state index contributed by atoms with van der Waals surface area (Å²) in [6.45, 7) is 2.18. The first-order chi connectivity index (χ1) is 10.3. The van der Waals surface area contributed by atoms with Crippen molar-refractivity contribution in [3.63, 3.8) is 0 Å². The van der Waals surface area contributed by atoms with Gasteiger partial charge in [-0.05, 0) is 37.9 Å². The first kappa shape index (κ1) is 14.3. The largest absolute Gasteiger partial charge is 0.312 e. The molecule has 1 nitrogen and oxygen atoms in total. The summed E-state index contributed by atoms with van der Waals surface area (Å²) in [5, 5.41) is 3.63.